The number of amides is 2. The molecule has 2 aromatic rings. The Kier molecular flexibility index (Phi) is 4.72. The summed E-state index contributed by atoms with van der Waals surface area (Å²) in [5, 5.41) is 7.47. The number of anilines is 1. The summed E-state index contributed by atoms with van der Waals surface area (Å²) >= 11 is 0. The van der Waals surface area contributed by atoms with Crippen LogP contribution in [0.5, 0.6) is 0 Å². The third-order valence-electron chi connectivity index (χ3n) is 5.40. The fraction of sp³-hybridized carbons (Fsp3) is 0.476. The van der Waals surface area contributed by atoms with Gasteiger partial charge in [0.25, 0.3) is 0 Å². The molecule has 27 heavy (non-hydrogen) atoms. The summed E-state index contributed by atoms with van der Waals surface area (Å²) in [5.74, 6) is 0.232. The molecule has 1 aromatic heterocycles. The van der Waals surface area contributed by atoms with E-state index in [1.54, 1.807) is 4.90 Å². The molecule has 1 saturated heterocycles. The minimum Gasteiger partial charge on any atom is -0.330 e. The number of aryl methyl sites for hydroxylation is 2. The van der Waals surface area contributed by atoms with Crippen LogP contribution in [0.4, 0.5) is 5.69 Å². The third kappa shape index (κ3) is 3.75. The van der Waals surface area contributed by atoms with Gasteiger partial charge in [-0.25, -0.2) is 4.68 Å². The minimum atomic E-state index is -0.345. The smallest absolute Gasteiger partial charge is 0.247 e. The summed E-state index contributed by atoms with van der Waals surface area (Å²) in [6.45, 7) is 4.69. The van der Waals surface area contributed by atoms with Gasteiger partial charge in [0.05, 0.1) is 11.4 Å². The predicted molar refractivity (Wildman–Crippen MR) is 104 cm³/mol. The van der Waals surface area contributed by atoms with Crippen molar-refractivity contribution < 1.29 is 9.59 Å². The number of rotatable bonds is 4. The Morgan fingerprint density at radius 3 is 2.44 bits per heavy atom. The Hall–Kier alpha value is -2.63. The van der Waals surface area contributed by atoms with E-state index in [1.807, 2.05) is 48.9 Å². The molecule has 142 valence electrons. The Labute approximate surface area is 159 Å². The average molecular weight is 366 g/mol. The molecule has 1 aliphatic carbocycles. The maximum atomic E-state index is 12.8. The Morgan fingerprint density at radius 1 is 1.07 bits per heavy atom. The lowest BCUT2D eigenvalue weighted by molar-refractivity contribution is -0.141. The molecular formula is C21H26N4O2. The summed E-state index contributed by atoms with van der Waals surface area (Å²) < 4.78 is 1.89. The molecule has 0 spiro atoms. The summed E-state index contributed by atoms with van der Waals surface area (Å²) in [6, 6.07) is 9.36. The van der Waals surface area contributed by atoms with Crippen molar-refractivity contribution in [2.45, 2.75) is 52.0 Å². The van der Waals surface area contributed by atoms with Crippen LogP contribution in [0.1, 0.15) is 43.5 Å². The van der Waals surface area contributed by atoms with Gasteiger partial charge in [-0.2, -0.15) is 5.10 Å². The highest BCUT2D eigenvalue weighted by Crippen LogP contribution is 2.33. The number of hydrogen-bond donors (Lipinski definition) is 1. The number of aromatic nitrogens is 2. The molecule has 1 N–H and O–H groups in total. The molecule has 2 amide bonds. The molecule has 0 radical (unpaired) electrons. The van der Waals surface area contributed by atoms with Crippen LogP contribution in [0.3, 0.4) is 0 Å². The summed E-state index contributed by atoms with van der Waals surface area (Å²) in [4.78, 5) is 27.1. The number of benzene rings is 1. The number of piperidine rings is 1. The van der Waals surface area contributed by atoms with Gasteiger partial charge in [-0.3, -0.25) is 9.59 Å². The summed E-state index contributed by atoms with van der Waals surface area (Å²) in [7, 11) is 0. The molecule has 6 heteroatoms. The largest absolute Gasteiger partial charge is 0.330 e. The number of carbonyl (C=O) groups excluding carboxylic acids is 2. The van der Waals surface area contributed by atoms with Gasteiger partial charge in [-0.1, -0.05) is 0 Å². The fourth-order valence-corrected chi connectivity index (χ4v) is 3.83. The molecule has 4 rings (SSSR count). The zero-order chi connectivity index (χ0) is 19.0. The summed E-state index contributed by atoms with van der Waals surface area (Å²) in [5.41, 5.74) is 3.75. The van der Waals surface area contributed by atoms with Crippen molar-refractivity contribution in [1.82, 2.24) is 14.7 Å². The van der Waals surface area contributed by atoms with Gasteiger partial charge < -0.3 is 10.2 Å². The minimum absolute atomic E-state index is 0.0810. The van der Waals surface area contributed by atoms with Gasteiger partial charge in [0, 0.05) is 23.8 Å². The van der Waals surface area contributed by atoms with Gasteiger partial charge in [0.15, 0.2) is 0 Å². The first kappa shape index (κ1) is 17.8. The van der Waals surface area contributed by atoms with Crippen LogP contribution in [0.25, 0.3) is 5.69 Å². The lowest BCUT2D eigenvalue weighted by Crippen LogP contribution is -2.50. The molecule has 6 nitrogen and oxygen atoms in total. The summed E-state index contributed by atoms with van der Waals surface area (Å²) in [6.07, 6.45) is 4.66. The van der Waals surface area contributed by atoms with E-state index in [9.17, 15) is 9.59 Å². The normalized spacial score (nSPS) is 19.8. The fourth-order valence-electron chi connectivity index (χ4n) is 3.83. The standard InChI is InChI=1S/C21H26N4O2/c1-14-13-15(2)25(23-14)18-10-8-17(9-11-18)22-20(26)19-5-3-4-12-24(19)21(27)16-6-7-16/h8-11,13,16,19H,3-7,12H2,1-2H3,(H,22,26)/t19-/m1/s1. The highest BCUT2D eigenvalue weighted by Gasteiger charge is 2.39. The van der Waals surface area contributed by atoms with Crippen molar-refractivity contribution in [3.8, 4) is 5.69 Å². The molecule has 0 unspecified atom stereocenters. The van der Waals surface area contributed by atoms with Gasteiger partial charge in [-0.05, 0) is 76.3 Å². The van der Waals surface area contributed by atoms with E-state index >= 15 is 0 Å². The predicted octanol–water partition coefficient (Wildman–Crippen LogP) is 3.22. The van der Waals surface area contributed by atoms with E-state index in [0.717, 1.165) is 54.9 Å². The lowest BCUT2D eigenvalue weighted by atomic mass is 10.0. The molecule has 1 saturated carbocycles. The molecule has 0 bridgehead atoms. The molecule has 1 aliphatic heterocycles. The van der Waals surface area contributed by atoms with Crippen molar-refractivity contribution >= 4 is 17.5 Å². The maximum Gasteiger partial charge on any atom is 0.247 e. The van der Waals surface area contributed by atoms with Gasteiger partial charge in [0.1, 0.15) is 6.04 Å². The van der Waals surface area contributed by atoms with Crippen LogP contribution >= 0.6 is 0 Å². The van der Waals surface area contributed by atoms with Crippen molar-refractivity contribution in [3.63, 3.8) is 0 Å². The molecular weight excluding hydrogens is 340 g/mol. The van der Waals surface area contributed by atoms with Gasteiger partial charge in [0.2, 0.25) is 11.8 Å². The van der Waals surface area contributed by atoms with Crippen molar-refractivity contribution in [1.29, 1.82) is 0 Å². The third-order valence-corrected chi connectivity index (χ3v) is 5.40. The van der Waals surface area contributed by atoms with Crippen LogP contribution < -0.4 is 5.32 Å². The molecule has 1 atom stereocenters. The van der Waals surface area contributed by atoms with Crippen molar-refractivity contribution in [2.24, 2.45) is 5.92 Å². The number of carbonyl (C=O) groups is 2. The van der Waals surface area contributed by atoms with Crippen LogP contribution in [0, 0.1) is 19.8 Å². The zero-order valence-electron chi connectivity index (χ0n) is 15.9. The number of nitrogens with one attached hydrogen (secondary N) is 1. The van der Waals surface area contributed by atoms with E-state index in [1.165, 1.54) is 0 Å². The first-order chi connectivity index (χ1) is 13.0. The molecule has 1 aromatic carbocycles. The molecule has 2 aliphatic rings. The lowest BCUT2D eigenvalue weighted by Gasteiger charge is -2.34. The maximum absolute atomic E-state index is 12.8. The van der Waals surface area contributed by atoms with Gasteiger partial charge >= 0.3 is 0 Å². The van der Waals surface area contributed by atoms with Crippen molar-refractivity contribution in [3.05, 3.63) is 41.7 Å². The zero-order valence-corrected chi connectivity index (χ0v) is 15.9. The van der Waals surface area contributed by atoms with Crippen LogP contribution in [-0.4, -0.2) is 39.1 Å². The number of hydrogen-bond acceptors (Lipinski definition) is 3. The molecule has 2 heterocycles. The number of likely N-dealkylation sites (tertiary alicyclic amines) is 1. The second-order valence-corrected chi connectivity index (χ2v) is 7.69. The Morgan fingerprint density at radius 2 is 1.81 bits per heavy atom. The van der Waals surface area contributed by atoms with Crippen LogP contribution in [-0.2, 0) is 9.59 Å². The van der Waals surface area contributed by atoms with Crippen LogP contribution in [0.2, 0.25) is 0 Å². The van der Waals surface area contributed by atoms with Crippen molar-refractivity contribution in [2.75, 3.05) is 11.9 Å². The first-order valence-corrected chi connectivity index (χ1v) is 9.78. The van der Waals surface area contributed by atoms with E-state index in [2.05, 4.69) is 10.4 Å². The Balaban J connectivity index is 1.45. The second kappa shape index (κ2) is 7.18. The SMILES string of the molecule is Cc1cc(C)n(-c2ccc(NC(=O)[C@H]3CCCCN3C(=O)C3CC3)cc2)n1. The average Bonchev–Trinajstić information content (AvgIpc) is 3.46. The number of nitrogens with zero attached hydrogens (tertiary/aromatic N) is 3. The monoisotopic (exact) mass is 366 g/mol. The Bertz CT molecular complexity index is 852. The van der Waals surface area contributed by atoms with E-state index < -0.39 is 0 Å². The van der Waals surface area contributed by atoms with E-state index in [0.29, 0.717) is 6.54 Å². The topological polar surface area (TPSA) is 67.2 Å². The first-order valence-electron chi connectivity index (χ1n) is 9.78. The van der Waals surface area contributed by atoms with Gasteiger partial charge in [-0.15, -0.1) is 0 Å². The van der Waals surface area contributed by atoms with E-state index in [4.69, 9.17) is 0 Å². The van der Waals surface area contributed by atoms with E-state index in [-0.39, 0.29) is 23.8 Å². The molecule has 2 fully saturated rings. The second-order valence-electron chi connectivity index (χ2n) is 7.69. The van der Waals surface area contributed by atoms with Crippen LogP contribution in [0.15, 0.2) is 30.3 Å². The quantitative estimate of drug-likeness (QED) is 0.903. The highest BCUT2D eigenvalue weighted by atomic mass is 16.2. The highest BCUT2D eigenvalue weighted by molar-refractivity contribution is 5.97.